The molecule has 0 aliphatic carbocycles. The molecule has 0 spiro atoms. The highest BCUT2D eigenvalue weighted by molar-refractivity contribution is 6.03. The van der Waals surface area contributed by atoms with Gasteiger partial charge < -0.3 is 19.7 Å². The summed E-state index contributed by atoms with van der Waals surface area (Å²) in [6.45, 7) is 10.1. The van der Waals surface area contributed by atoms with Crippen molar-refractivity contribution in [3.05, 3.63) is 88.9 Å². The first kappa shape index (κ1) is 26.7. The lowest BCUT2D eigenvalue weighted by Gasteiger charge is -2.27. The Morgan fingerprint density at radius 2 is 1.93 bits per heavy atom. The van der Waals surface area contributed by atoms with Gasteiger partial charge in [-0.3, -0.25) is 14.2 Å². The lowest BCUT2D eigenvalue weighted by atomic mass is 9.96. The van der Waals surface area contributed by atoms with Crippen LogP contribution in [0.4, 0.5) is 11.6 Å². The van der Waals surface area contributed by atoms with Crippen LogP contribution in [0.2, 0.25) is 0 Å². The summed E-state index contributed by atoms with van der Waals surface area (Å²) >= 11 is 0. The Morgan fingerprint density at radius 3 is 2.66 bits per heavy atom. The summed E-state index contributed by atoms with van der Waals surface area (Å²) in [4.78, 5) is 39.1. The molecule has 9 heteroatoms. The second-order valence-electron chi connectivity index (χ2n) is 11.0. The van der Waals surface area contributed by atoms with Crippen LogP contribution < -0.4 is 20.3 Å². The van der Waals surface area contributed by atoms with Crippen LogP contribution in [0.3, 0.4) is 0 Å². The van der Waals surface area contributed by atoms with E-state index in [-0.39, 0.29) is 30.0 Å². The van der Waals surface area contributed by atoms with Crippen molar-refractivity contribution >= 4 is 34.0 Å². The number of benzene rings is 2. The molecule has 0 radical (unpaired) electrons. The average molecular weight is 552 g/mol. The summed E-state index contributed by atoms with van der Waals surface area (Å²) < 4.78 is 13.5. The molecule has 2 aliphatic rings. The molecular formula is C32H33N5O4. The van der Waals surface area contributed by atoms with E-state index in [9.17, 15) is 9.59 Å². The molecule has 9 nitrogen and oxygen atoms in total. The number of nitrogens with one attached hydrogen (secondary N) is 1. The van der Waals surface area contributed by atoms with Gasteiger partial charge in [0.2, 0.25) is 5.95 Å². The Bertz CT molecular complexity index is 1700. The summed E-state index contributed by atoms with van der Waals surface area (Å²) in [7, 11) is 2.09. The second kappa shape index (κ2) is 10.8. The van der Waals surface area contributed by atoms with Gasteiger partial charge in [0.25, 0.3) is 5.56 Å². The molecule has 41 heavy (non-hydrogen) atoms. The number of aromatic nitrogens is 3. The van der Waals surface area contributed by atoms with E-state index in [1.165, 1.54) is 4.57 Å². The molecule has 210 valence electrons. The Kier molecular flexibility index (Phi) is 7.05. The first-order chi connectivity index (χ1) is 19.8. The lowest BCUT2D eigenvalue weighted by molar-refractivity contribution is 0.0841. The number of pyridine rings is 1. The number of ether oxygens (including phenoxy) is 2. The fourth-order valence-electron chi connectivity index (χ4n) is 5.35. The Balaban J connectivity index is 1.36. The zero-order valence-corrected chi connectivity index (χ0v) is 23.5. The molecule has 2 aliphatic heterocycles. The fraction of sp³-hybridized carbons (Fsp3) is 0.312. The van der Waals surface area contributed by atoms with Gasteiger partial charge in [0.1, 0.15) is 35.9 Å². The highest BCUT2D eigenvalue weighted by Gasteiger charge is 2.33. The number of likely N-dealkylation sites (N-methyl/N-ethyl adjacent to an activating group) is 1. The molecule has 1 saturated heterocycles. The number of likely N-dealkylation sites (tertiary alicyclic amines) is 1. The van der Waals surface area contributed by atoms with Crippen LogP contribution in [-0.4, -0.2) is 58.1 Å². The smallest absolute Gasteiger partial charge is 0.260 e. The molecule has 6 rings (SSSR count). The van der Waals surface area contributed by atoms with Gasteiger partial charge in [0, 0.05) is 35.9 Å². The van der Waals surface area contributed by atoms with Gasteiger partial charge in [0.15, 0.2) is 5.78 Å². The molecular weight excluding hydrogens is 518 g/mol. The van der Waals surface area contributed by atoms with Gasteiger partial charge >= 0.3 is 0 Å². The molecule has 2 atom stereocenters. The van der Waals surface area contributed by atoms with Crippen molar-refractivity contribution in [1.82, 2.24) is 19.4 Å². The van der Waals surface area contributed by atoms with E-state index in [1.807, 2.05) is 44.2 Å². The average Bonchev–Trinajstić information content (AvgIpc) is 3.38. The summed E-state index contributed by atoms with van der Waals surface area (Å²) in [6, 6.07) is 15.6. The Labute approximate surface area is 238 Å². The van der Waals surface area contributed by atoms with Crippen LogP contribution in [0, 0.1) is 5.92 Å². The maximum atomic E-state index is 14.0. The predicted octanol–water partition coefficient (Wildman–Crippen LogP) is 5.10. The third-order valence-electron chi connectivity index (χ3n) is 7.74. The quantitative estimate of drug-likeness (QED) is 0.339. The second-order valence-corrected chi connectivity index (χ2v) is 11.0. The maximum Gasteiger partial charge on any atom is 0.260 e. The van der Waals surface area contributed by atoms with Gasteiger partial charge in [-0.2, -0.15) is 4.98 Å². The predicted molar refractivity (Wildman–Crippen MR) is 159 cm³/mol. The summed E-state index contributed by atoms with van der Waals surface area (Å²) in [5.74, 6) is 1.46. The molecule has 2 aromatic carbocycles. The minimum absolute atomic E-state index is 0.0213. The zero-order chi connectivity index (χ0) is 28.7. The third-order valence-corrected chi connectivity index (χ3v) is 7.74. The number of Topliss-reactive ketones (excluding diaryl/α,β-unsaturated/α-hetero) is 1. The van der Waals surface area contributed by atoms with Crippen LogP contribution in [-0.2, 0) is 0 Å². The number of hydrogen-bond acceptors (Lipinski definition) is 8. The first-order valence-corrected chi connectivity index (χ1v) is 13.9. The third kappa shape index (κ3) is 5.20. The zero-order valence-electron chi connectivity index (χ0n) is 23.5. The molecule has 2 unspecified atom stereocenters. The van der Waals surface area contributed by atoms with E-state index in [4.69, 9.17) is 14.5 Å². The number of nitrogens with zero attached hydrogens (tertiary/aromatic N) is 4. The van der Waals surface area contributed by atoms with E-state index >= 15 is 0 Å². The highest BCUT2D eigenvalue weighted by Crippen LogP contribution is 2.31. The number of anilines is 2. The normalized spacial score (nSPS) is 18.8. The first-order valence-electron chi connectivity index (χ1n) is 13.9. The van der Waals surface area contributed by atoms with E-state index in [1.54, 1.807) is 30.5 Å². The van der Waals surface area contributed by atoms with E-state index in [0.717, 1.165) is 30.9 Å². The minimum atomic E-state index is -0.881. The molecule has 4 aromatic rings. The largest absolute Gasteiger partial charge is 0.490 e. The molecule has 1 N–H and O–H groups in total. The Hall–Kier alpha value is -4.50. The van der Waals surface area contributed by atoms with Crippen LogP contribution in [0.25, 0.3) is 16.6 Å². The van der Waals surface area contributed by atoms with Crippen molar-refractivity contribution in [3.63, 3.8) is 0 Å². The van der Waals surface area contributed by atoms with Crippen molar-refractivity contribution in [2.75, 3.05) is 32.1 Å². The van der Waals surface area contributed by atoms with Crippen molar-refractivity contribution < 1.29 is 14.3 Å². The lowest BCUT2D eigenvalue weighted by Crippen LogP contribution is -2.38. The van der Waals surface area contributed by atoms with E-state index in [0.29, 0.717) is 39.4 Å². The topological polar surface area (TPSA) is 98.6 Å². The summed E-state index contributed by atoms with van der Waals surface area (Å²) in [6.07, 6.45) is 2.86. The van der Waals surface area contributed by atoms with Crippen molar-refractivity contribution in [3.8, 4) is 11.5 Å². The Morgan fingerprint density at radius 1 is 1.15 bits per heavy atom. The SMILES string of the molecule is C=C(c1cc2cnc(Nc3ccc(OC4CCN(C)C4)cc3)nc2n(C2COc3ccccc3C2=O)c1=O)C(C)C. The monoisotopic (exact) mass is 551 g/mol. The standard InChI is InChI=1S/C32H33N5O4/c1-19(2)20(3)26-15-21-16-33-32(34-22-9-11-23(12-10-22)41-24-13-14-36(4)17-24)35-30(21)37(31(26)39)27-18-40-28-8-6-5-7-25(28)29(27)38/h5-12,15-16,19,24,27H,3,13-14,17-18H2,1-2,4H3,(H,33,34,35). The highest BCUT2D eigenvalue weighted by atomic mass is 16.5. The summed E-state index contributed by atoms with van der Waals surface area (Å²) in [5, 5.41) is 3.85. The van der Waals surface area contributed by atoms with Gasteiger partial charge in [-0.05, 0) is 67.4 Å². The number of fused-ring (bicyclic) bond motifs is 2. The van der Waals surface area contributed by atoms with Crippen LogP contribution in [0.15, 0.2) is 72.2 Å². The van der Waals surface area contributed by atoms with Crippen LogP contribution in [0.5, 0.6) is 11.5 Å². The van der Waals surface area contributed by atoms with Crippen LogP contribution in [0.1, 0.15) is 42.2 Å². The number of allylic oxidation sites excluding steroid dienone is 1. The fourth-order valence-corrected chi connectivity index (χ4v) is 5.35. The van der Waals surface area contributed by atoms with Gasteiger partial charge in [-0.25, -0.2) is 4.98 Å². The van der Waals surface area contributed by atoms with Gasteiger partial charge in [0.05, 0.1) is 5.56 Å². The van der Waals surface area contributed by atoms with Crippen LogP contribution >= 0.6 is 0 Å². The van der Waals surface area contributed by atoms with Crippen molar-refractivity contribution in [1.29, 1.82) is 0 Å². The maximum absolute atomic E-state index is 14.0. The molecule has 0 saturated carbocycles. The number of ketones is 1. The van der Waals surface area contributed by atoms with Gasteiger partial charge in [-0.1, -0.05) is 32.6 Å². The number of carbonyl (C=O) groups is 1. The molecule has 0 bridgehead atoms. The molecule has 4 heterocycles. The number of rotatable bonds is 7. The van der Waals surface area contributed by atoms with E-state index in [2.05, 4.69) is 28.8 Å². The number of hydrogen-bond donors (Lipinski definition) is 1. The number of para-hydroxylation sites is 1. The van der Waals surface area contributed by atoms with Gasteiger partial charge in [-0.15, -0.1) is 0 Å². The molecule has 1 fully saturated rings. The van der Waals surface area contributed by atoms with Crippen molar-refractivity contribution in [2.24, 2.45) is 5.92 Å². The number of carbonyl (C=O) groups excluding carboxylic acids is 1. The molecule has 2 aromatic heterocycles. The summed E-state index contributed by atoms with van der Waals surface area (Å²) in [5.41, 5.74) is 2.35. The van der Waals surface area contributed by atoms with Crippen molar-refractivity contribution in [2.45, 2.75) is 32.4 Å². The minimum Gasteiger partial charge on any atom is -0.490 e. The molecule has 0 amide bonds. The van der Waals surface area contributed by atoms with E-state index < -0.39 is 6.04 Å².